The summed E-state index contributed by atoms with van der Waals surface area (Å²) in [5, 5.41) is 11.0. The minimum absolute atomic E-state index is 0.288. The fourth-order valence-electron chi connectivity index (χ4n) is 2.15. The quantitative estimate of drug-likeness (QED) is 0.754. The molecule has 1 N–H and O–H groups in total. The van der Waals surface area contributed by atoms with Crippen LogP contribution in [0.5, 0.6) is 0 Å². The van der Waals surface area contributed by atoms with Gasteiger partial charge in [-0.05, 0) is 35.0 Å². The molecule has 0 spiro atoms. The molecule has 0 saturated heterocycles. The fraction of sp³-hybridized carbons (Fsp3) is 0. The zero-order valence-corrected chi connectivity index (χ0v) is 10.1. The van der Waals surface area contributed by atoms with Gasteiger partial charge in [-0.1, -0.05) is 30.3 Å². The van der Waals surface area contributed by atoms with Gasteiger partial charge in [0.2, 0.25) is 0 Å². The highest BCUT2D eigenvalue weighted by Crippen LogP contribution is 2.27. The Balaban J connectivity index is 2.30. The lowest BCUT2D eigenvalue weighted by atomic mass is 9.99. The predicted octanol–water partition coefficient (Wildman–Crippen LogP) is 3.60. The molecule has 0 bridgehead atoms. The van der Waals surface area contributed by atoms with Crippen molar-refractivity contribution in [3.8, 4) is 11.3 Å². The Hall–Kier alpha value is -2.68. The number of carboxylic acid groups (broad SMARTS) is 1. The van der Waals surface area contributed by atoms with Crippen LogP contribution in [0.25, 0.3) is 22.0 Å². The number of carbonyl (C=O) groups is 1. The molecule has 0 aliphatic heterocycles. The SMILES string of the molecule is O=C(O)c1ccc2cccc(-c3ccccn3)c2c1. The number of benzene rings is 2. The average molecular weight is 249 g/mol. The van der Waals surface area contributed by atoms with Crippen LogP contribution in [-0.4, -0.2) is 16.1 Å². The van der Waals surface area contributed by atoms with Crippen molar-refractivity contribution >= 4 is 16.7 Å². The van der Waals surface area contributed by atoms with Gasteiger partial charge in [0, 0.05) is 11.8 Å². The molecule has 3 heteroatoms. The summed E-state index contributed by atoms with van der Waals surface area (Å²) in [5.74, 6) is -0.919. The molecule has 0 radical (unpaired) electrons. The van der Waals surface area contributed by atoms with Crippen LogP contribution in [0, 0.1) is 0 Å². The van der Waals surface area contributed by atoms with Crippen LogP contribution >= 0.6 is 0 Å². The van der Waals surface area contributed by atoms with Crippen molar-refractivity contribution in [1.29, 1.82) is 0 Å². The largest absolute Gasteiger partial charge is 0.478 e. The van der Waals surface area contributed by atoms with Crippen molar-refractivity contribution in [2.24, 2.45) is 0 Å². The number of rotatable bonds is 2. The number of aromatic carboxylic acids is 1. The summed E-state index contributed by atoms with van der Waals surface area (Å²) in [4.78, 5) is 15.4. The number of hydrogen-bond acceptors (Lipinski definition) is 2. The first kappa shape index (κ1) is 11.4. The van der Waals surface area contributed by atoms with E-state index in [9.17, 15) is 4.79 Å². The monoisotopic (exact) mass is 249 g/mol. The van der Waals surface area contributed by atoms with Crippen molar-refractivity contribution in [3.05, 3.63) is 66.4 Å². The molecular formula is C16H11NO2. The van der Waals surface area contributed by atoms with Gasteiger partial charge in [-0.2, -0.15) is 0 Å². The molecule has 1 heterocycles. The van der Waals surface area contributed by atoms with Gasteiger partial charge in [0.25, 0.3) is 0 Å². The maximum Gasteiger partial charge on any atom is 0.335 e. The van der Waals surface area contributed by atoms with E-state index in [-0.39, 0.29) is 5.56 Å². The van der Waals surface area contributed by atoms with Gasteiger partial charge >= 0.3 is 5.97 Å². The molecule has 3 nitrogen and oxygen atoms in total. The smallest absolute Gasteiger partial charge is 0.335 e. The lowest BCUT2D eigenvalue weighted by Gasteiger charge is -2.07. The molecule has 0 aliphatic carbocycles. The van der Waals surface area contributed by atoms with Crippen molar-refractivity contribution in [1.82, 2.24) is 4.98 Å². The van der Waals surface area contributed by atoms with E-state index in [0.717, 1.165) is 22.0 Å². The van der Waals surface area contributed by atoms with Gasteiger partial charge in [-0.3, -0.25) is 4.98 Å². The maximum absolute atomic E-state index is 11.1. The Morgan fingerprint density at radius 1 is 1.00 bits per heavy atom. The van der Waals surface area contributed by atoms with Crippen LogP contribution in [0.1, 0.15) is 10.4 Å². The van der Waals surface area contributed by atoms with Crippen molar-refractivity contribution in [2.45, 2.75) is 0 Å². The first-order chi connectivity index (χ1) is 9.25. The van der Waals surface area contributed by atoms with E-state index in [1.807, 2.05) is 42.5 Å². The van der Waals surface area contributed by atoms with E-state index in [1.165, 1.54) is 0 Å². The van der Waals surface area contributed by atoms with Crippen LogP contribution in [0.15, 0.2) is 60.8 Å². The molecule has 0 amide bonds. The van der Waals surface area contributed by atoms with Crippen molar-refractivity contribution in [2.75, 3.05) is 0 Å². The Kier molecular flexibility index (Phi) is 2.72. The molecule has 0 fully saturated rings. The summed E-state index contributed by atoms with van der Waals surface area (Å²) in [6, 6.07) is 16.7. The maximum atomic E-state index is 11.1. The first-order valence-electron chi connectivity index (χ1n) is 5.93. The van der Waals surface area contributed by atoms with Crippen molar-refractivity contribution < 1.29 is 9.90 Å². The lowest BCUT2D eigenvalue weighted by Crippen LogP contribution is -1.96. The van der Waals surface area contributed by atoms with E-state index >= 15 is 0 Å². The number of aromatic nitrogens is 1. The summed E-state index contributed by atoms with van der Waals surface area (Å²) < 4.78 is 0. The lowest BCUT2D eigenvalue weighted by molar-refractivity contribution is 0.0697. The van der Waals surface area contributed by atoms with Gasteiger partial charge < -0.3 is 5.11 Å². The Bertz CT molecular complexity index is 751. The van der Waals surface area contributed by atoms with Gasteiger partial charge in [-0.15, -0.1) is 0 Å². The number of hydrogen-bond donors (Lipinski definition) is 1. The van der Waals surface area contributed by atoms with Gasteiger partial charge in [0.1, 0.15) is 0 Å². The molecule has 0 unspecified atom stereocenters. The summed E-state index contributed by atoms with van der Waals surface area (Å²) in [6.45, 7) is 0. The highest BCUT2D eigenvalue weighted by Gasteiger charge is 2.08. The van der Waals surface area contributed by atoms with Gasteiger partial charge in [0.15, 0.2) is 0 Å². The number of nitrogens with zero attached hydrogens (tertiary/aromatic N) is 1. The summed E-state index contributed by atoms with van der Waals surface area (Å²) >= 11 is 0. The normalized spacial score (nSPS) is 10.5. The topological polar surface area (TPSA) is 50.2 Å². The summed E-state index contributed by atoms with van der Waals surface area (Å²) in [5.41, 5.74) is 2.08. The van der Waals surface area contributed by atoms with E-state index in [1.54, 1.807) is 18.3 Å². The Morgan fingerprint density at radius 2 is 1.89 bits per heavy atom. The van der Waals surface area contributed by atoms with E-state index in [0.29, 0.717) is 0 Å². The molecule has 3 rings (SSSR count). The highest BCUT2D eigenvalue weighted by atomic mass is 16.4. The minimum atomic E-state index is -0.919. The third-order valence-corrected chi connectivity index (χ3v) is 3.07. The molecule has 19 heavy (non-hydrogen) atoms. The summed E-state index contributed by atoms with van der Waals surface area (Å²) in [6.07, 6.45) is 1.73. The second-order valence-electron chi connectivity index (χ2n) is 4.26. The fourth-order valence-corrected chi connectivity index (χ4v) is 2.15. The zero-order valence-electron chi connectivity index (χ0n) is 10.1. The molecule has 2 aromatic carbocycles. The Labute approximate surface area is 110 Å². The van der Waals surface area contributed by atoms with Gasteiger partial charge in [-0.25, -0.2) is 4.79 Å². The van der Waals surface area contributed by atoms with E-state index < -0.39 is 5.97 Å². The third kappa shape index (κ3) is 2.06. The molecular weight excluding hydrogens is 238 g/mol. The highest BCUT2D eigenvalue weighted by molar-refractivity contribution is 6.00. The van der Waals surface area contributed by atoms with Crippen LogP contribution in [-0.2, 0) is 0 Å². The van der Waals surface area contributed by atoms with Crippen molar-refractivity contribution in [3.63, 3.8) is 0 Å². The van der Waals surface area contributed by atoms with Crippen LogP contribution < -0.4 is 0 Å². The molecule has 0 saturated carbocycles. The number of pyridine rings is 1. The number of carboxylic acids is 1. The van der Waals surface area contributed by atoms with Crippen LogP contribution in [0.2, 0.25) is 0 Å². The summed E-state index contributed by atoms with van der Waals surface area (Å²) in [7, 11) is 0. The first-order valence-corrected chi connectivity index (χ1v) is 5.93. The molecule has 92 valence electrons. The van der Waals surface area contributed by atoms with E-state index in [2.05, 4.69) is 4.98 Å². The number of fused-ring (bicyclic) bond motifs is 1. The standard InChI is InChI=1S/C16H11NO2/c18-16(19)12-8-7-11-4-3-5-13(14(11)10-12)15-6-1-2-9-17-15/h1-10H,(H,18,19). The van der Waals surface area contributed by atoms with Gasteiger partial charge in [0.05, 0.1) is 11.3 Å². The third-order valence-electron chi connectivity index (χ3n) is 3.07. The second-order valence-corrected chi connectivity index (χ2v) is 4.26. The van der Waals surface area contributed by atoms with Crippen LogP contribution in [0.4, 0.5) is 0 Å². The zero-order chi connectivity index (χ0) is 13.2. The second kappa shape index (κ2) is 4.53. The van der Waals surface area contributed by atoms with Crippen LogP contribution in [0.3, 0.4) is 0 Å². The predicted molar refractivity (Wildman–Crippen MR) is 74.1 cm³/mol. The molecule has 0 aliphatic rings. The molecule has 0 atom stereocenters. The minimum Gasteiger partial charge on any atom is -0.478 e. The molecule has 3 aromatic rings. The average Bonchev–Trinajstić information content (AvgIpc) is 2.47. The van der Waals surface area contributed by atoms with E-state index in [4.69, 9.17) is 5.11 Å². The Morgan fingerprint density at radius 3 is 2.63 bits per heavy atom. The molecule has 1 aromatic heterocycles.